The van der Waals surface area contributed by atoms with Crippen LogP contribution in [0.1, 0.15) is 58.7 Å². The molecule has 0 aliphatic carbocycles. The molecule has 2 atom stereocenters. The van der Waals surface area contributed by atoms with Crippen LogP contribution in [-0.4, -0.2) is 76.9 Å². The Kier molecular flexibility index (Phi) is 11.1. The first kappa shape index (κ1) is 33.5. The Balaban J connectivity index is 1.47. The minimum atomic E-state index is -3.49. The summed E-state index contributed by atoms with van der Waals surface area (Å²) in [6.45, 7) is 15.1. The minimum absolute atomic E-state index is 0.0857. The molecule has 0 N–H and O–H groups in total. The van der Waals surface area contributed by atoms with Crippen LogP contribution in [0, 0.1) is 0 Å². The van der Waals surface area contributed by atoms with E-state index in [-0.39, 0.29) is 17.9 Å². The van der Waals surface area contributed by atoms with Crippen LogP contribution in [0.25, 0.3) is 22.2 Å². The molecule has 3 aromatic rings. The number of pyridine rings is 1. The second kappa shape index (κ2) is 14.2. The molecule has 238 valence electrons. The Morgan fingerprint density at radius 2 is 1.86 bits per heavy atom. The maximum absolute atomic E-state index is 11.2. The summed E-state index contributed by atoms with van der Waals surface area (Å²) in [5.74, 6) is 0.862. The lowest BCUT2D eigenvalue weighted by atomic mass is 10.1. The van der Waals surface area contributed by atoms with Gasteiger partial charge >= 0.3 is 0 Å². The van der Waals surface area contributed by atoms with Crippen LogP contribution >= 0.6 is 0 Å². The number of hydrogen-bond donors (Lipinski definition) is 0. The summed E-state index contributed by atoms with van der Waals surface area (Å²) in [7, 11) is -5.52. The third-order valence-electron chi connectivity index (χ3n) is 7.95. The van der Waals surface area contributed by atoms with Crippen molar-refractivity contribution in [1.82, 2.24) is 14.8 Å². The molecule has 4 rings (SSSR count). The molecule has 12 heteroatoms. The second-order valence-corrected chi connectivity index (χ2v) is 19.1. The van der Waals surface area contributed by atoms with E-state index in [4.69, 9.17) is 27.9 Å². The van der Waals surface area contributed by atoms with Gasteiger partial charge in [-0.25, -0.2) is 4.68 Å². The monoisotopic (exact) mass is 633 g/mol. The maximum Gasteiger partial charge on any atom is 0.264 e. The quantitative estimate of drug-likeness (QED) is 0.118. The van der Waals surface area contributed by atoms with E-state index in [1.54, 1.807) is 6.92 Å². The minimum Gasteiger partial charge on any atom is -0.543 e. The molecule has 0 amide bonds. The van der Waals surface area contributed by atoms with E-state index in [1.807, 2.05) is 17.1 Å². The molecule has 10 nitrogen and oxygen atoms in total. The van der Waals surface area contributed by atoms with Crippen molar-refractivity contribution in [1.29, 1.82) is 0 Å². The molecule has 1 aliphatic rings. The van der Waals surface area contributed by atoms with Gasteiger partial charge in [-0.05, 0) is 80.6 Å². The van der Waals surface area contributed by atoms with Crippen molar-refractivity contribution in [3.8, 4) is 17.0 Å². The van der Waals surface area contributed by atoms with Gasteiger partial charge in [-0.2, -0.15) is 13.5 Å². The molecule has 1 fully saturated rings. The number of ether oxygens (including phenoxy) is 3. The van der Waals surface area contributed by atoms with Crippen LogP contribution in [0.2, 0.25) is 18.1 Å². The molecule has 2 aromatic heterocycles. The number of fused-ring (bicyclic) bond motifs is 1. The lowest BCUT2D eigenvalue weighted by molar-refractivity contribution is -0.0365. The van der Waals surface area contributed by atoms with Crippen molar-refractivity contribution in [2.45, 2.75) is 83.8 Å². The van der Waals surface area contributed by atoms with Gasteiger partial charge in [0.1, 0.15) is 11.4 Å². The highest BCUT2D eigenvalue weighted by molar-refractivity contribution is 7.86. The van der Waals surface area contributed by atoms with E-state index in [0.29, 0.717) is 26.2 Å². The average molecular weight is 634 g/mol. The van der Waals surface area contributed by atoms with Gasteiger partial charge in [-0.1, -0.05) is 20.8 Å². The largest absolute Gasteiger partial charge is 0.543 e. The van der Waals surface area contributed by atoms with Gasteiger partial charge in [-0.15, -0.1) is 0 Å². The van der Waals surface area contributed by atoms with Crippen LogP contribution < -0.4 is 4.43 Å². The lowest BCUT2D eigenvalue weighted by Crippen LogP contribution is -2.43. The Morgan fingerprint density at radius 3 is 2.56 bits per heavy atom. The maximum atomic E-state index is 11.2. The lowest BCUT2D eigenvalue weighted by Gasteiger charge is -2.36. The molecular formula is C31H47N3O7SSi. The second-order valence-electron chi connectivity index (χ2n) is 12.8. The number of aromatic nitrogens is 3. The first-order chi connectivity index (χ1) is 20.2. The molecule has 0 spiro atoms. The van der Waals surface area contributed by atoms with E-state index in [0.717, 1.165) is 65.6 Å². The number of hydrogen-bond acceptors (Lipinski definition) is 9. The van der Waals surface area contributed by atoms with Gasteiger partial charge in [0.2, 0.25) is 8.32 Å². The van der Waals surface area contributed by atoms with Crippen molar-refractivity contribution in [2.75, 3.05) is 39.3 Å². The highest BCUT2D eigenvalue weighted by atomic mass is 32.2. The van der Waals surface area contributed by atoms with E-state index < -0.39 is 24.5 Å². The van der Waals surface area contributed by atoms with Gasteiger partial charge in [0, 0.05) is 30.0 Å². The highest BCUT2D eigenvalue weighted by Crippen LogP contribution is 2.40. The third kappa shape index (κ3) is 9.32. The molecule has 43 heavy (non-hydrogen) atoms. The van der Waals surface area contributed by atoms with Crippen LogP contribution in [-0.2, 0) is 34.9 Å². The fraction of sp³-hybridized carbons (Fsp3) is 0.613. The topological polar surface area (TPSA) is 111 Å². The fourth-order valence-corrected chi connectivity index (χ4v) is 6.39. The van der Waals surface area contributed by atoms with Crippen molar-refractivity contribution in [3.63, 3.8) is 0 Å². The summed E-state index contributed by atoms with van der Waals surface area (Å²) in [5.41, 5.74) is 3.86. The summed E-state index contributed by atoms with van der Waals surface area (Å²) < 4.78 is 53.2. The molecule has 1 aromatic carbocycles. The number of rotatable bonds is 14. The van der Waals surface area contributed by atoms with E-state index in [1.165, 1.54) is 0 Å². The zero-order chi connectivity index (χ0) is 31.3. The van der Waals surface area contributed by atoms with Crippen LogP contribution in [0.3, 0.4) is 0 Å². The number of benzene rings is 1. The summed E-state index contributed by atoms with van der Waals surface area (Å²) >= 11 is 0. The predicted molar refractivity (Wildman–Crippen MR) is 170 cm³/mol. The van der Waals surface area contributed by atoms with Crippen LogP contribution in [0.15, 0.2) is 36.7 Å². The molecule has 0 bridgehead atoms. The Labute approximate surface area is 257 Å². The van der Waals surface area contributed by atoms with Crippen molar-refractivity contribution in [2.24, 2.45) is 0 Å². The van der Waals surface area contributed by atoms with Gasteiger partial charge in [0.25, 0.3) is 10.1 Å². The van der Waals surface area contributed by atoms with Crippen LogP contribution in [0.4, 0.5) is 0 Å². The summed E-state index contributed by atoms with van der Waals surface area (Å²) in [5, 5.41) is 6.19. The molecule has 0 saturated carbocycles. The molecule has 1 aliphatic heterocycles. The van der Waals surface area contributed by atoms with E-state index >= 15 is 0 Å². The van der Waals surface area contributed by atoms with Crippen LogP contribution in [0.5, 0.6) is 5.75 Å². The molecular weight excluding hydrogens is 587 g/mol. The van der Waals surface area contributed by atoms with Gasteiger partial charge in [0.05, 0.1) is 44.3 Å². The highest BCUT2D eigenvalue weighted by Gasteiger charge is 2.39. The summed E-state index contributed by atoms with van der Waals surface area (Å²) in [4.78, 5) is 4.53. The Morgan fingerprint density at radius 1 is 1.09 bits per heavy atom. The third-order valence-corrected chi connectivity index (χ3v) is 13.0. The molecule has 1 unspecified atom stereocenters. The van der Waals surface area contributed by atoms with Gasteiger partial charge in [0.15, 0.2) is 6.23 Å². The molecule has 1 saturated heterocycles. The fourth-order valence-electron chi connectivity index (χ4n) is 4.72. The van der Waals surface area contributed by atoms with Crippen molar-refractivity contribution < 1.29 is 31.2 Å². The average Bonchev–Trinajstić information content (AvgIpc) is 3.30. The van der Waals surface area contributed by atoms with E-state index in [9.17, 15) is 8.42 Å². The number of nitrogens with zero attached hydrogens (tertiary/aromatic N) is 3. The normalized spacial score (nSPS) is 17.3. The Bertz CT molecular complexity index is 1460. The van der Waals surface area contributed by atoms with Gasteiger partial charge < -0.3 is 18.6 Å². The first-order valence-corrected chi connectivity index (χ1v) is 19.8. The summed E-state index contributed by atoms with van der Waals surface area (Å²) in [6.07, 6.45) is 7.90. The standard InChI is InChI=1S/C31H47N3O7SSi/c1-23(40-42(5,35)36)22-38-17-16-37-15-13-24-18-25(21-32-20-24)30-27-19-26(41-43(6,7)31(2,3)4)11-12-28(27)34(33-30)29-10-8-9-14-39-29/h11-12,18-21,23,29H,8-10,13-17,22H2,1-7H3/t23-,29?/m1/s1. The summed E-state index contributed by atoms with van der Waals surface area (Å²) in [6, 6.07) is 8.40. The predicted octanol–water partition coefficient (Wildman–Crippen LogP) is 6.12. The zero-order valence-electron chi connectivity index (χ0n) is 26.6. The van der Waals surface area contributed by atoms with Crippen molar-refractivity contribution >= 4 is 29.3 Å². The SMILES string of the molecule is C[C@H](COCCOCCc1cncc(-c2nn(C3CCCCO3)c3ccc(O[Si](C)(C)C(C)(C)C)cc23)c1)OS(C)(=O)=O. The Hall–Kier alpha value is -2.35. The first-order valence-electron chi connectivity index (χ1n) is 15.0. The zero-order valence-corrected chi connectivity index (χ0v) is 28.4. The van der Waals surface area contributed by atoms with Crippen molar-refractivity contribution in [3.05, 3.63) is 42.2 Å². The van der Waals surface area contributed by atoms with Gasteiger partial charge in [-0.3, -0.25) is 9.17 Å². The molecule has 0 radical (unpaired) electrons. The smallest absolute Gasteiger partial charge is 0.264 e. The molecule has 3 heterocycles. The van der Waals surface area contributed by atoms with E-state index in [2.05, 4.69) is 63.1 Å².